The molecule has 0 bridgehead atoms. The highest BCUT2D eigenvalue weighted by atomic mass is 32.2. The van der Waals surface area contributed by atoms with Crippen molar-refractivity contribution in [3.63, 3.8) is 0 Å². The summed E-state index contributed by atoms with van der Waals surface area (Å²) in [5.74, 6) is 1.42. The molecule has 1 saturated heterocycles. The van der Waals surface area contributed by atoms with E-state index in [1.807, 2.05) is 0 Å². The van der Waals surface area contributed by atoms with Crippen molar-refractivity contribution in [1.29, 1.82) is 0 Å². The summed E-state index contributed by atoms with van der Waals surface area (Å²) < 4.78 is 27.6. The summed E-state index contributed by atoms with van der Waals surface area (Å²) in [7, 11) is -1.83. The Morgan fingerprint density at radius 2 is 1.93 bits per heavy atom. The lowest BCUT2D eigenvalue weighted by atomic mass is 9.79. The molecule has 1 aliphatic carbocycles. The van der Waals surface area contributed by atoms with Crippen LogP contribution < -0.4 is 14.8 Å². The molecule has 0 aromatic rings. The van der Waals surface area contributed by atoms with Crippen molar-refractivity contribution in [1.82, 2.24) is 14.8 Å². The van der Waals surface area contributed by atoms with Crippen molar-refractivity contribution in [2.45, 2.75) is 25.3 Å². The van der Waals surface area contributed by atoms with E-state index in [4.69, 9.17) is 0 Å². The zero-order valence-corrected chi connectivity index (χ0v) is 9.81. The smallest absolute Gasteiger partial charge is 0.276 e. The molecule has 0 aromatic heterocycles. The maximum absolute atomic E-state index is 11.3. The molecule has 2 aliphatic rings. The third kappa shape index (κ3) is 2.69. The van der Waals surface area contributed by atoms with Gasteiger partial charge in [0.25, 0.3) is 10.2 Å². The Morgan fingerprint density at radius 3 is 2.67 bits per heavy atom. The molecule has 0 radical (unpaired) electrons. The molecular weight excluding hydrogens is 214 g/mol. The van der Waals surface area contributed by atoms with Crippen LogP contribution in [0, 0.1) is 11.8 Å². The Hall–Kier alpha value is -0.170. The van der Waals surface area contributed by atoms with Crippen molar-refractivity contribution in [2.24, 2.45) is 11.8 Å². The first-order valence-corrected chi connectivity index (χ1v) is 7.00. The van der Waals surface area contributed by atoms with E-state index in [0.29, 0.717) is 5.92 Å². The van der Waals surface area contributed by atoms with Gasteiger partial charge in [-0.15, -0.1) is 0 Å². The van der Waals surface area contributed by atoms with E-state index in [2.05, 4.69) is 14.8 Å². The van der Waals surface area contributed by atoms with Gasteiger partial charge < -0.3 is 5.32 Å². The van der Waals surface area contributed by atoms with Gasteiger partial charge in [-0.3, -0.25) is 0 Å². The minimum absolute atomic E-state index is 0.114. The normalized spacial score (nSPS) is 36.5. The summed E-state index contributed by atoms with van der Waals surface area (Å²) in [6.07, 6.45) is 3.07. The lowest BCUT2D eigenvalue weighted by Gasteiger charge is -2.31. The largest absolute Gasteiger partial charge is 0.316 e. The van der Waals surface area contributed by atoms with Crippen LogP contribution in [0.2, 0.25) is 0 Å². The van der Waals surface area contributed by atoms with Crippen LogP contribution in [0.1, 0.15) is 19.3 Å². The fraction of sp³-hybridized carbons (Fsp3) is 1.00. The molecule has 6 heteroatoms. The van der Waals surface area contributed by atoms with E-state index in [1.54, 1.807) is 0 Å². The van der Waals surface area contributed by atoms with Crippen LogP contribution in [-0.4, -0.2) is 34.6 Å². The maximum Gasteiger partial charge on any atom is 0.276 e. The summed E-state index contributed by atoms with van der Waals surface area (Å²) in [4.78, 5) is 0. The van der Waals surface area contributed by atoms with Gasteiger partial charge in [-0.1, -0.05) is 0 Å². The Kier molecular flexibility index (Phi) is 3.30. The quantitative estimate of drug-likeness (QED) is 0.611. The molecule has 0 spiro atoms. The first-order valence-electron chi connectivity index (χ1n) is 5.52. The molecule has 2 fully saturated rings. The van der Waals surface area contributed by atoms with Gasteiger partial charge in [-0.25, -0.2) is 4.72 Å². The Morgan fingerprint density at radius 1 is 1.20 bits per heavy atom. The van der Waals surface area contributed by atoms with Crippen LogP contribution >= 0.6 is 0 Å². The molecular formula is C9H19N3O2S. The molecule has 0 amide bonds. The lowest BCUT2D eigenvalue weighted by molar-refractivity contribution is 0.260. The van der Waals surface area contributed by atoms with Crippen LogP contribution in [0.4, 0.5) is 0 Å². The molecule has 3 N–H and O–H groups in total. The van der Waals surface area contributed by atoms with E-state index < -0.39 is 10.2 Å². The van der Waals surface area contributed by atoms with Crippen LogP contribution in [0.15, 0.2) is 0 Å². The number of rotatable bonds is 3. The van der Waals surface area contributed by atoms with Gasteiger partial charge in [0, 0.05) is 13.1 Å². The number of nitrogens with one attached hydrogen (secondary N) is 3. The average Bonchev–Trinajstić information content (AvgIpc) is 2.64. The third-order valence-electron chi connectivity index (χ3n) is 3.54. The zero-order chi connectivity index (χ0) is 10.9. The van der Waals surface area contributed by atoms with Gasteiger partial charge in [0.1, 0.15) is 0 Å². The van der Waals surface area contributed by atoms with Crippen molar-refractivity contribution in [2.75, 3.05) is 20.1 Å². The maximum atomic E-state index is 11.3. The van der Waals surface area contributed by atoms with Crippen LogP contribution in [0.3, 0.4) is 0 Å². The SMILES string of the molecule is CNS(=O)(=O)NC1CC[C@H]2CNC[C@H]2C1. The van der Waals surface area contributed by atoms with E-state index in [9.17, 15) is 8.42 Å². The fourth-order valence-electron chi connectivity index (χ4n) is 2.68. The van der Waals surface area contributed by atoms with Gasteiger partial charge in [0.05, 0.1) is 0 Å². The highest BCUT2D eigenvalue weighted by Gasteiger charge is 2.34. The second kappa shape index (κ2) is 4.37. The topological polar surface area (TPSA) is 70.2 Å². The van der Waals surface area contributed by atoms with E-state index >= 15 is 0 Å². The van der Waals surface area contributed by atoms with E-state index in [0.717, 1.165) is 38.3 Å². The first-order chi connectivity index (χ1) is 7.11. The standard InChI is InChI=1S/C9H19N3O2S/c1-10-15(13,14)12-9-3-2-7-5-11-6-8(7)4-9/h7-12H,2-6H2,1H3/t7-,8+,9?/m0/s1. The van der Waals surface area contributed by atoms with Crippen molar-refractivity contribution in [3.8, 4) is 0 Å². The summed E-state index contributed by atoms with van der Waals surface area (Å²) >= 11 is 0. The molecule has 15 heavy (non-hydrogen) atoms. The molecule has 1 unspecified atom stereocenters. The fourth-order valence-corrected chi connectivity index (χ4v) is 3.46. The number of hydrogen-bond acceptors (Lipinski definition) is 3. The third-order valence-corrected chi connectivity index (χ3v) is 4.72. The minimum atomic E-state index is -3.27. The highest BCUT2D eigenvalue weighted by Crippen LogP contribution is 2.32. The van der Waals surface area contributed by atoms with Gasteiger partial charge >= 0.3 is 0 Å². The van der Waals surface area contributed by atoms with E-state index in [1.165, 1.54) is 7.05 Å². The predicted octanol–water partition coefficient (Wildman–Crippen LogP) is -0.572. The van der Waals surface area contributed by atoms with Crippen molar-refractivity contribution >= 4 is 10.2 Å². The van der Waals surface area contributed by atoms with Gasteiger partial charge in [0.15, 0.2) is 0 Å². The number of fused-ring (bicyclic) bond motifs is 1. The second-order valence-electron chi connectivity index (χ2n) is 4.51. The Labute approximate surface area is 91.2 Å². The highest BCUT2D eigenvalue weighted by molar-refractivity contribution is 7.87. The average molecular weight is 233 g/mol. The molecule has 1 heterocycles. The van der Waals surface area contributed by atoms with Gasteiger partial charge in [0.2, 0.25) is 0 Å². The summed E-state index contributed by atoms with van der Waals surface area (Å²) in [6.45, 7) is 2.15. The van der Waals surface area contributed by atoms with Crippen LogP contribution in [-0.2, 0) is 10.2 Å². The van der Waals surface area contributed by atoms with Crippen LogP contribution in [0.25, 0.3) is 0 Å². The summed E-state index contributed by atoms with van der Waals surface area (Å²) in [5.41, 5.74) is 0. The molecule has 5 nitrogen and oxygen atoms in total. The molecule has 1 aliphatic heterocycles. The molecule has 88 valence electrons. The lowest BCUT2D eigenvalue weighted by Crippen LogP contribution is -2.44. The first kappa shape index (κ1) is 11.3. The van der Waals surface area contributed by atoms with E-state index in [-0.39, 0.29) is 6.04 Å². The Bertz CT molecular complexity index is 317. The van der Waals surface area contributed by atoms with Crippen LogP contribution in [0.5, 0.6) is 0 Å². The summed E-state index contributed by atoms with van der Waals surface area (Å²) in [5, 5.41) is 3.37. The molecule has 3 atom stereocenters. The van der Waals surface area contributed by atoms with Crippen molar-refractivity contribution < 1.29 is 8.42 Å². The summed E-state index contributed by atoms with van der Waals surface area (Å²) in [6, 6.07) is 0.114. The predicted molar refractivity (Wildman–Crippen MR) is 58.6 cm³/mol. The molecule has 1 saturated carbocycles. The monoisotopic (exact) mass is 233 g/mol. The van der Waals surface area contributed by atoms with Gasteiger partial charge in [-0.2, -0.15) is 13.1 Å². The molecule has 2 rings (SSSR count). The zero-order valence-electron chi connectivity index (χ0n) is 8.99. The molecule has 0 aromatic carbocycles. The Balaban J connectivity index is 1.90. The van der Waals surface area contributed by atoms with Crippen molar-refractivity contribution in [3.05, 3.63) is 0 Å². The second-order valence-corrected chi connectivity index (χ2v) is 6.16. The van der Waals surface area contributed by atoms with Gasteiger partial charge in [-0.05, 0) is 44.2 Å². The number of hydrogen-bond donors (Lipinski definition) is 3. The minimum Gasteiger partial charge on any atom is -0.316 e.